The summed E-state index contributed by atoms with van der Waals surface area (Å²) in [5.41, 5.74) is 0.890. The molecule has 0 aromatic heterocycles. The molecule has 0 aliphatic heterocycles. The largest absolute Gasteiger partial charge is 0.491 e. The number of benzene rings is 1. The number of hydrogen-bond acceptors (Lipinski definition) is 2. The molecule has 92 valence electrons. The Morgan fingerprint density at radius 2 is 2.12 bits per heavy atom. The van der Waals surface area contributed by atoms with Crippen molar-refractivity contribution in [3.8, 4) is 17.6 Å². The number of aliphatic hydroxyl groups is 1. The molecule has 1 atom stereocenters. The second-order valence-corrected chi connectivity index (χ2v) is 4.22. The van der Waals surface area contributed by atoms with Gasteiger partial charge < -0.3 is 9.84 Å². The van der Waals surface area contributed by atoms with Crippen LogP contribution in [0.5, 0.6) is 5.75 Å². The molecule has 2 nitrogen and oxygen atoms in total. The van der Waals surface area contributed by atoms with Crippen LogP contribution >= 0.6 is 0 Å². The maximum atomic E-state index is 9.98. The van der Waals surface area contributed by atoms with Crippen molar-refractivity contribution in [2.45, 2.75) is 45.8 Å². The summed E-state index contributed by atoms with van der Waals surface area (Å²) in [5.74, 6) is 6.58. The van der Waals surface area contributed by atoms with E-state index >= 15 is 0 Å². The van der Waals surface area contributed by atoms with Crippen LogP contribution in [0, 0.1) is 11.8 Å². The third-order valence-electron chi connectivity index (χ3n) is 2.33. The van der Waals surface area contributed by atoms with E-state index in [9.17, 15) is 5.11 Å². The second-order valence-electron chi connectivity index (χ2n) is 4.22. The molecule has 0 saturated carbocycles. The Balaban J connectivity index is 2.65. The zero-order chi connectivity index (χ0) is 12.7. The van der Waals surface area contributed by atoms with E-state index in [1.165, 1.54) is 0 Å². The average molecular weight is 232 g/mol. The van der Waals surface area contributed by atoms with E-state index in [1.807, 2.05) is 45.0 Å². The summed E-state index contributed by atoms with van der Waals surface area (Å²) in [6, 6.07) is 7.62. The van der Waals surface area contributed by atoms with E-state index in [0.29, 0.717) is 12.8 Å². The van der Waals surface area contributed by atoms with Crippen molar-refractivity contribution in [2.24, 2.45) is 0 Å². The number of ether oxygens (including phenoxy) is 1. The summed E-state index contributed by atoms with van der Waals surface area (Å²) >= 11 is 0. The summed E-state index contributed by atoms with van der Waals surface area (Å²) < 4.78 is 5.59. The van der Waals surface area contributed by atoms with Gasteiger partial charge in [0.15, 0.2) is 0 Å². The highest BCUT2D eigenvalue weighted by molar-refractivity contribution is 5.30. The van der Waals surface area contributed by atoms with E-state index in [0.717, 1.165) is 11.3 Å². The minimum absolute atomic E-state index is 0.147. The van der Waals surface area contributed by atoms with Crippen molar-refractivity contribution < 1.29 is 9.84 Å². The molecule has 0 aliphatic carbocycles. The Kier molecular flexibility index (Phi) is 5.59. The molecule has 0 saturated heterocycles. The van der Waals surface area contributed by atoms with Gasteiger partial charge in [-0.1, -0.05) is 12.1 Å². The lowest BCUT2D eigenvalue weighted by Crippen LogP contribution is -2.06. The zero-order valence-electron chi connectivity index (χ0n) is 10.7. The molecule has 1 rings (SSSR count). The Bertz CT molecular complexity index is 399. The van der Waals surface area contributed by atoms with E-state index in [1.54, 1.807) is 0 Å². The van der Waals surface area contributed by atoms with Crippen LogP contribution in [0.2, 0.25) is 0 Å². The van der Waals surface area contributed by atoms with Crippen molar-refractivity contribution in [1.29, 1.82) is 0 Å². The third-order valence-corrected chi connectivity index (χ3v) is 2.33. The van der Waals surface area contributed by atoms with Crippen molar-refractivity contribution in [1.82, 2.24) is 0 Å². The van der Waals surface area contributed by atoms with Gasteiger partial charge in [-0.3, -0.25) is 0 Å². The molecule has 1 aromatic carbocycles. The lowest BCUT2D eigenvalue weighted by Gasteiger charge is -2.13. The van der Waals surface area contributed by atoms with Gasteiger partial charge in [0, 0.05) is 6.42 Å². The van der Waals surface area contributed by atoms with Crippen LogP contribution in [0.15, 0.2) is 24.3 Å². The predicted molar refractivity (Wildman–Crippen MR) is 69.8 cm³/mol. The minimum atomic E-state index is -0.466. The molecular weight excluding hydrogens is 212 g/mol. The highest BCUT2D eigenvalue weighted by atomic mass is 16.5. The molecule has 2 heteroatoms. The van der Waals surface area contributed by atoms with Crippen molar-refractivity contribution in [3.05, 3.63) is 29.8 Å². The number of hydrogen-bond donors (Lipinski definition) is 1. The predicted octanol–water partition coefficient (Wildman–Crippen LogP) is 3.31. The van der Waals surface area contributed by atoms with Gasteiger partial charge in [0.1, 0.15) is 5.75 Å². The van der Waals surface area contributed by atoms with E-state index < -0.39 is 6.10 Å². The Morgan fingerprint density at radius 1 is 1.35 bits per heavy atom. The molecular formula is C15H20O2. The highest BCUT2D eigenvalue weighted by Gasteiger charge is 2.08. The van der Waals surface area contributed by atoms with Crippen LogP contribution in [0.3, 0.4) is 0 Å². The summed E-state index contributed by atoms with van der Waals surface area (Å²) in [6.07, 6.45) is 1.05. The summed E-state index contributed by atoms with van der Waals surface area (Å²) in [4.78, 5) is 0. The van der Waals surface area contributed by atoms with Gasteiger partial charge in [-0.2, -0.15) is 0 Å². The number of rotatable bonds is 5. The molecule has 0 bridgehead atoms. The van der Waals surface area contributed by atoms with Crippen LogP contribution in [0.4, 0.5) is 0 Å². The summed E-state index contributed by atoms with van der Waals surface area (Å²) in [7, 11) is 0. The maximum Gasteiger partial charge on any atom is 0.120 e. The summed E-state index contributed by atoms with van der Waals surface area (Å²) in [5, 5.41) is 9.98. The smallest absolute Gasteiger partial charge is 0.120 e. The van der Waals surface area contributed by atoms with E-state index in [-0.39, 0.29) is 6.10 Å². The van der Waals surface area contributed by atoms with Gasteiger partial charge in [0.25, 0.3) is 0 Å². The topological polar surface area (TPSA) is 29.5 Å². The average Bonchev–Trinajstić information content (AvgIpc) is 2.28. The number of aliphatic hydroxyl groups excluding tert-OH is 1. The molecule has 0 spiro atoms. The maximum absolute atomic E-state index is 9.98. The Hall–Kier alpha value is -1.46. The normalized spacial score (nSPS) is 11.8. The lowest BCUT2D eigenvalue weighted by molar-refractivity contribution is 0.168. The molecule has 0 heterocycles. The van der Waals surface area contributed by atoms with Crippen LogP contribution in [0.25, 0.3) is 0 Å². The third kappa shape index (κ3) is 4.93. The first kappa shape index (κ1) is 13.6. The molecule has 1 N–H and O–H groups in total. The first-order valence-electron chi connectivity index (χ1n) is 5.97. The van der Waals surface area contributed by atoms with Crippen LogP contribution in [-0.2, 0) is 0 Å². The van der Waals surface area contributed by atoms with Crippen LogP contribution in [0.1, 0.15) is 45.3 Å². The molecule has 0 fully saturated rings. The van der Waals surface area contributed by atoms with Crippen molar-refractivity contribution >= 4 is 0 Å². The standard InChI is InChI=1S/C15H20O2/c1-4-5-6-10-15(16)13-8-7-9-14(11-13)17-12(2)3/h7-9,11-12,15-16H,6,10H2,1-3H3. The monoisotopic (exact) mass is 232 g/mol. The molecule has 0 aliphatic rings. The van der Waals surface area contributed by atoms with Gasteiger partial charge >= 0.3 is 0 Å². The fourth-order valence-electron chi connectivity index (χ4n) is 1.57. The SMILES string of the molecule is CC#CCCC(O)c1cccc(OC(C)C)c1. The molecule has 0 amide bonds. The van der Waals surface area contributed by atoms with Gasteiger partial charge in [-0.15, -0.1) is 11.8 Å². The van der Waals surface area contributed by atoms with Gasteiger partial charge in [0.2, 0.25) is 0 Å². The second kappa shape index (κ2) is 6.98. The fraction of sp³-hybridized carbons (Fsp3) is 0.467. The first-order valence-corrected chi connectivity index (χ1v) is 5.97. The first-order chi connectivity index (χ1) is 8.13. The lowest BCUT2D eigenvalue weighted by atomic mass is 10.0. The van der Waals surface area contributed by atoms with Gasteiger partial charge in [0.05, 0.1) is 12.2 Å². The van der Waals surface area contributed by atoms with E-state index in [2.05, 4.69) is 11.8 Å². The van der Waals surface area contributed by atoms with Crippen LogP contribution in [-0.4, -0.2) is 11.2 Å². The minimum Gasteiger partial charge on any atom is -0.491 e. The highest BCUT2D eigenvalue weighted by Crippen LogP contribution is 2.23. The fourth-order valence-corrected chi connectivity index (χ4v) is 1.57. The van der Waals surface area contributed by atoms with E-state index in [4.69, 9.17) is 4.74 Å². The van der Waals surface area contributed by atoms with Crippen LogP contribution < -0.4 is 4.74 Å². The van der Waals surface area contributed by atoms with Crippen molar-refractivity contribution in [2.75, 3.05) is 0 Å². The zero-order valence-corrected chi connectivity index (χ0v) is 10.7. The Labute approximate surface area is 104 Å². The van der Waals surface area contributed by atoms with Crippen molar-refractivity contribution in [3.63, 3.8) is 0 Å². The molecule has 1 unspecified atom stereocenters. The molecule has 17 heavy (non-hydrogen) atoms. The summed E-state index contributed by atoms with van der Waals surface area (Å²) in [6.45, 7) is 5.78. The molecule has 0 radical (unpaired) electrons. The quantitative estimate of drug-likeness (QED) is 0.789. The molecule has 1 aromatic rings. The Morgan fingerprint density at radius 3 is 2.76 bits per heavy atom. The van der Waals surface area contributed by atoms with Gasteiger partial charge in [-0.25, -0.2) is 0 Å². The van der Waals surface area contributed by atoms with Gasteiger partial charge in [-0.05, 0) is 44.9 Å².